The van der Waals surface area contributed by atoms with Crippen molar-refractivity contribution in [3.63, 3.8) is 0 Å². The fourth-order valence-corrected chi connectivity index (χ4v) is 3.06. The number of halogens is 2. The summed E-state index contributed by atoms with van der Waals surface area (Å²) in [6.45, 7) is 0. The molecule has 1 fully saturated rings. The van der Waals surface area contributed by atoms with Gasteiger partial charge in [-0.1, -0.05) is 36.7 Å². The molecule has 1 aliphatic rings. The van der Waals surface area contributed by atoms with Gasteiger partial charge in [0.25, 0.3) is 5.76 Å². The number of thioether (sulfide) groups is 1. The summed E-state index contributed by atoms with van der Waals surface area (Å²) in [5.74, 6) is -3.26. The zero-order valence-electron chi connectivity index (χ0n) is 9.73. The van der Waals surface area contributed by atoms with Crippen LogP contribution in [0.1, 0.15) is 31.2 Å². The van der Waals surface area contributed by atoms with E-state index in [-0.39, 0.29) is 0 Å². The first-order chi connectivity index (χ1) is 8.54. The average Bonchev–Trinajstić information content (AvgIpc) is 2.79. The number of alkyl halides is 2. The fraction of sp³-hybridized carbons (Fsp3) is 0.462. The number of benzene rings is 1. The summed E-state index contributed by atoms with van der Waals surface area (Å²) in [5, 5.41) is 9.41. The van der Waals surface area contributed by atoms with E-state index in [0.29, 0.717) is 29.5 Å². The third-order valence-electron chi connectivity index (χ3n) is 3.50. The van der Waals surface area contributed by atoms with Crippen LogP contribution in [0.3, 0.4) is 0 Å². The maximum atomic E-state index is 12.2. The highest BCUT2D eigenvalue weighted by atomic mass is 32.2. The van der Waals surface area contributed by atoms with E-state index in [9.17, 15) is 18.7 Å². The SMILES string of the molecule is O=C(O)C1(c2ccc(SC(F)F)cc2)CCCC1. The molecule has 2 rings (SSSR count). The van der Waals surface area contributed by atoms with Gasteiger partial charge in [-0.15, -0.1) is 0 Å². The maximum absolute atomic E-state index is 12.2. The topological polar surface area (TPSA) is 37.3 Å². The minimum Gasteiger partial charge on any atom is -0.481 e. The van der Waals surface area contributed by atoms with Crippen LogP contribution in [0.4, 0.5) is 8.78 Å². The largest absolute Gasteiger partial charge is 0.481 e. The Kier molecular flexibility index (Phi) is 3.90. The number of carbonyl (C=O) groups is 1. The van der Waals surface area contributed by atoms with Crippen LogP contribution in [0.25, 0.3) is 0 Å². The minimum atomic E-state index is -2.45. The maximum Gasteiger partial charge on any atom is 0.314 e. The molecule has 1 aromatic rings. The third-order valence-corrected chi connectivity index (χ3v) is 4.22. The second kappa shape index (κ2) is 5.26. The molecule has 1 saturated carbocycles. The summed E-state index contributed by atoms with van der Waals surface area (Å²) in [6, 6.07) is 6.50. The number of carboxylic acids is 1. The Hall–Kier alpha value is -1.10. The van der Waals surface area contributed by atoms with Crippen molar-refractivity contribution >= 4 is 17.7 Å². The van der Waals surface area contributed by atoms with Crippen molar-refractivity contribution in [1.82, 2.24) is 0 Å². The molecule has 18 heavy (non-hydrogen) atoms. The minimum absolute atomic E-state index is 0.465. The van der Waals surface area contributed by atoms with E-state index < -0.39 is 17.1 Å². The van der Waals surface area contributed by atoms with E-state index >= 15 is 0 Å². The van der Waals surface area contributed by atoms with Gasteiger partial charge in [-0.3, -0.25) is 4.79 Å². The van der Waals surface area contributed by atoms with Gasteiger partial charge in [-0.2, -0.15) is 8.78 Å². The first-order valence-electron chi connectivity index (χ1n) is 5.83. The van der Waals surface area contributed by atoms with Gasteiger partial charge >= 0.3 is 5.97 Å². The normalized spacial score (nSPS) is 18.2. The number of aliphatic carboxylic acids is 1. The number of hydrogen-bond acceptors (Lipinski definition) is 2. The van der Waals surface area contributed by atoms with Crippen LogP contribution in [-0.2, 0) is 10.2 Å². The summed E-state index contributed by atoms with van der Waals surface area (Å²) < 4.78 is 24.4. The van der Waals surface area contributed by atoms with Crippen LogP contribution in [0.15, 0.2) is 29.2 Å². The summed E-state index contributed by atoms with van der Waals surface area (Å²) in [6.07, 6.45) is 3.06. The zero-order chi connectivity index (χ0) is 13.2. The molecule has 0 bridgehead atoms. The van der Waals surface area contributed by atoms with Gasteiger partial charge in [0, 0.05) is 4.90 Å². The molecular formula is C13H14F2O2S. The number of carboxylic acid groups (broad SMARTS) is 1. The van der Waals surface area contributed by atoms with Crippen LogP contribution in [0, 0.1) is 0 Å². The first kappa shape index (κ1) is 13.3. The Bertz CT molecular complexity index is 425. The Morgan fingerprint density at radius 3 is 2.22 bits per heavy atom. The molecule has 2 nitrogen and oxygen atoms in total. The van der Waals surface area contributed by atoms with E-state index in [2.05, 4.69) is 0 Å². The summed E-state index contributed by atoms with van der Waals surface area (Å²) in [5.41, 5.74) is -0.0836. The molecule has 0 amide bonds. The van der Waals surface area contributed by atoms with Crippen molar-refractivity contribution in [2.24, 2.45) is 0 Å². The molecule has 0 spiro atoms. The zero-order valence-corrected chi connectivity index (χ0v) is 10.6. The van der Waals surface area contributed by atoms with Crippen molar-refractivity contribution in [2.45, 2.75) is 41.8 Å². The fourth-order valence-electron chi connectivity index (χ4n) is 2.56. The van der Waals surface area contributed by atoms with E-state index in [1.54, 1.807) is 24.3 Å². The molecule has 0 atom stereocenters. The molecule has 0 aliphatic heterocycles. The van der Waals surface area contributed by atoms with Crippen molar-refractivity contribution in [1.29, 1.82) is 0 Å². The highest BCUT2D eigenvalue weighted by Gasteiger charge is 2.42. The van der Waals surface area contributed by atoms with Gasteiger partial charge in [-0.25, -0.2) is 0 Å². The molecule has 98 valence electrons. The molecule has 0 saturated heterocycles. The quantitative estimate of drug-likeness (QED) is 0.845. The average molecular weight is 272 g/mol. The van der Waals surface area contributed by atoms with Crippen LogP contribution in [0.5, 0.6) is 0 Å². The van der Waals surface area contributed by atoms with Gasteiger partial charge in [0.1, 0.15) is 0 Å². The third kappa shape index (κ3) is 2.51. The Morgan fingerprint density at radius 2 is 1.78 bits per heavy atom. The van der Waals surface area contributed by atoms with E-state index in [1.165, 1.54) is 0 Å². The molecule has 0 unspecified atom stereocenters. The highest BCUT2D eigenvalue weighted by Crippen LogP contribution is 2.42. The smallest absolute Gasteiger partial charge is 0.314 e. The van der Waals surface area contributed by atoms with Crippen LogP contribution in [0.2, 0.25) is 0 Å². The van der Waals surface area contributed by atoms with Crippen molar-refractivity contribution in [2.75, 3.05) is 0 Å². The Morgan fingerprint density at radius 1 is 1.22 bits per heavy atom. The Labute approximate surface area is 108 Å². The van der Waals surface area contributed by atoms with Crippen molar-refractivity contribution < 1.29 is 18.7 Å². The van der Waals surface area contributed by atoms with E-state index in [0.717, 1.165) is 18.4 Å². The van der Waals surface area contributed by atoms with Gasteiger partial charge in [0.15, 0.2) is 0 Å². The van der Waals surface area contributed by atoms with Crippen LogP contribution < -0.4 is 0 Å². The molecule has 0 radical (unpaired) electrons. The molecule has 5 heteroatoms. The van der Waals surface area contributed by atoms with Gasteiger partial charge in [-0.05, 0) is 30.5 Å². The lowest BCUT2D eigenvalue weighted by atomic mass is 9.79. The Balaban J connectivity index is 2.25. The van der Waals surface area contributed by atoms with Gasteiger partial charge < -0.3 is 5.11 Å². The monoisotopic (exact) mass is 272 g/mol. The number of rotatable bonds is 4. The van der Waals surface area contributed by atoms with Crippen molar-refractivity contribution in [3.05, 3.63) is 29.8 Å². The van der Waals surface area contributed by atoms with Crippen molar-refractivity contribution in [3.8, 4) is 0 Å². The summed E-state index contributed by atoms with van der Waals surface area (Å²) in [7, 11) is 0. The lowest BCUT2D eigenvalue weighted by Gasteiger charge is -2.24. The molecule has 1 N–H and O–H groups in total. The van der Waals surface area contributed by atoms with Crippen LogP contribution in [-0.4, -0.2) is 16.8 Å². The van der Waals surface area contributed by atoms with E-state index in [1.807, 2.05) is 0 Å². The summed E-state index contributed by atoms with van der Waals surface area (Å²) in [4.78, 5) is 11.9. The van der Waals surface area contributed by atoms with Crippen LogP contribution >= 0.6 is 11.8 Å². The second-order valence-corrected chi connectivity index (χ2v) is 5.56. The standard InChI is InChI=1S/C13H14F2O2S/c14-12(15)18-10-5-3-9(4-6-10)13(11(16)17)7-1-2-8-13/h3-6,12H,1-2,7-8H2,(H,16,17). The first-order valence-corrected chi connectivity index (χ1v) is 6.71. The summed E-state index contributed by atoms with van der Waals surface area (Å²) >= 11 is 0.476. The lowest BCUT2D eigenvalue weighted by molar-refractivity contribution is -0.143. The molecule has 0 aromatic heterocycles. The van der Waals surface area contributed by atoms with E-state index in [4.69, 9.17) is 0 Å². The van der Waals surface area contributed by atoms with Gasteiger partial charge in [0.05, 0.1) is 5.41 Å². The molecule has 1 aromatic carbocycles. The predicted octanol–water partition coefficient (Wildman–Crippen LogP) is 3.90. The molecule has 1 aliphatic carbocycles. The molecular weight excluding hydrogens is 258 g/mol. The predicted molar refractivity (Wildman–Crippen MR) is 66.1 cm³/mol. The highest BCUT2D eigenvalue weighted by molar-refractivity contribution is 7.99. The number of hydrogen-bond donors (Lipinski definition) is 1. The van der Waals surface area contributed by atoms with Gasteiger partial charge in [0.2, 0.25) is 0 Å². The second-order valence-electron chi connectivity index (χ2n) is 4.50. The molecule has 0 heterocycles. The lowest BCUT2D eigenvalue weighted by Crippen LogP contribution is -2.32.